The number of carbonyl (C=O) groups excluding carboxylic acids is 1. The second-order valence-electron chi connectivity index (χ2n) is 4.23. The van der Waals surface area contributed by atoms with Gasteiger partial charge in [0.2, 0.25) is 15.9 Å². The lowest BCUT2D eigenvalue weighted by atomic mass is 10.1. The Morgan fingerprint density at radius 1 is 1.42 bits per heavy atom. The van der Waals surface area contributed by atoms with Gasteiger partial charge in [-0.05, 0) is 30.2 Å². The van der Waals surface area contributed by atoms with Crippen LogP contribution in [0.3, 0.4) is 0 Å². The molecule has 0 aliphatic rings. The van der Waals surface area contributed by atoms with Crippen LogP contribution in [0.2, 0.25) is 0 Å². The number of hydrogen-bond acceptors (Lipinski definition) is 4. The molecule has 106 valence electrons. The van der Waals surface area contributed by atoms with E-state index in [1.165, 1.54) is 20.2 Å². The van der Waals surface area contributed by atoms with Gasteiger partial charge in [0, 0.05) is 20.6 Å². The van der Waals surface area contributed by atoms with Gasteiger partial charge in [0.1, 0.15) is 0 Å². The first-order valence-corrected chi connectivity index (χ1v) is 7.23. The number of aryl methyl sites for hydroxylation is 1. The Morgan fingerprint density at radius 3 is 2.53 bits per heavy atom. The van der Waals surface area contributed by atoms with Gasteiger partial charge in [0.05, 0.1) is 11.4 Å². The van der Waals surface area contributed by atoms with Crippen LogP contribution >= 0.6 is 0 Å². The maximum Gasteiger partial charge on any atom is 0.243 e. The van der Waals surface area contributed by atoms with E-state index in [2.05, 4.69) is 5.32 Å². The quantitative estimate of drug-likeness (QED) is 0.785. The van der Waals surface area contributed by atoms with Gasteiger partial charge in [-0.2, -0.15) is 4.31 Å². The SMILES string of the molecule is CNC(=O)CN(C)S(=O)(=O)c1ccc(CN)c(C)c1. The van der Waals surface area contributed by atoms with Gasteiger partial charge >= 0.3 is 0 Å². The van der Waals surface area contributed by atoms with Crippen LogP contribution in [-0.4, -0.2) is 39.3 Å². The van der Waals surface area contributed by atoms with Crippen molar-refractivity contribution >= 4 is 15.9 Å². The molecule has 0 aliphatic carbocycles. The van der Waals surface area contributed by atoms with E-state index in [4.69, 9.17) is 5.73 Å². The summed E-state index contributed by atoms with van der Waals surface area (Å²) in [5, 5.41) is 2.39. The summed E-state index contributed by atoms with van der Waals surface area (Å²) >= 11 is 0. The molecule has 0 fully saturated rings. The summed E-state index contributed by atoms with van der Waals surface area (Å²) in [6, 6.07) is 4.76. The topological polar surface area (TPSA) is 92.5 Å². The lowest BCUT2D eigenvalue weighted by molar-refractivity contribution is -0.120. The minimum absolute atomic E-state index is 0.161. The van der Waals surface area contributed by atoms with E-state index in [0.29, 0.717) is 6.54 Å². The van der Waals surface area contributed by atoms with Crippen LogP contribution in [0.15, 0.2) is 23.1 Å². The molecule has 7 heteroatoms. The molecule has 0 aliphatic heterocycles. The molecule has 0 aromatic heterocycles. The van der Waals surface area contributed by atoms with Crippen molar-refractivity contribution in [3.8, 4) is 0 Å². The van der Waals surface area contributed by atoms with Crippen LogP contribution in [0.25, 0.3) is 0 Å². The van der Waals surface area contributed by atoms with Crippen LogP contribution in [0.5, 0.6) is 0 Å². The molecule has 0 saturated carbocycles. The number of likely N-dealkylation sites (N-methyl/N-ethyl adjacent to an activating group) is 2. The zero-order chi connectivity index (χ0) is 14.6. The highest BCUT2D eigenvalue weighted by molar-refractivity contribution is 7.89. The van der Waals surface area contributed by atoms with E-state index in [9.17, 15) is 13.2 Å². The van der Waals surface area contributed by atoms with Crippen LogP contribution in [0.1, 0.15) is 11.1 Å². The van der Waals surface area contributed by atoms with E-state index in [1.807, 2.05) is 0 Å². The average Bonchev–Trinajstić information content (AvgIpc) is 2.38. The van der Waals surface area contributed by atoms with Crippen molar-refractivity contribution in [2.24, 2.45) is 5.73 Å². The normalized spacial score (nSPS) is 11.6. The number of nitrogens with one attached hydrogen (secondary N) is 1. The molecule has 0 atom stereocenters. The fourth-order valence-electron chi connectivity index (χ4n) is 1.60. The molecule has 0 unspecified atom stereocenters. The van der Waals surface area contributed by atoms with Crippen LogP contribution in [0, 0.1) is 6.92 Å². The predicted octanol–water partition coefficient (Wildman–Crippen LogP) is -0.180. The number of sulfonamides is 1. The van der Waals surface area contributed by atoms with E-state index in [1.54, 1.807) is 19.1 Å². The van der Waals surface area contributed by atoms with Gasteiger partial charge in [-0.3, -0.25) is 4.79 Å². The maximum atomic E-state index is 12.3. The Bertz CT molecular complexity index is 570. The zero-order valence-corrected chi connectivity index (χ0v) is 12.1. The smallest absolute Gasteiger partial charge is 0.243 e. The first-order chi connectivity index (χ1) is 8.82. The van der Waals surface area contributed by atoms with Crippen molar-refractivity contribution < 1.29 is 13.2 Å². The van der Waals surface area contributed by atoms with E-state index in [-0.39, 0.29) is 17.3 Å². The molecule has 1 aromatic carbocycles. The third-order valence-electron chi connectivity index (χ3n) is 2.89. The largest absolute Gasteiger partial charge is 0.358 e. The Hall–Kier alpha value is -1.44. The Labute approximate surface area is 113 Å². The Morgan fingerprint density at radius 2 is 2.05 bits per heavy atom. The zero-order valence-electron chi connectivity index (χ0n) is 11.3. The van der Waals surface area contributed by atoms with Crippen molar-refractivity contribution in [3.05, 3.63) is 29.3 Å². The number of rotatable bonds is 5. The highest BCUT2D eigenvalue weighted by Crippen LogP contribution is 2.18. The number of nitrogens with two attached hydrogens (primary N) is 1. The average molecular weight is 285 g/mol. The molecule has 1 rings (SSSR count). The molecule has 6 nitrogen and oxygen atoms in total. The fourth-order valence-corrected chi connectivity index (χ4v) is 2.82. The van der Waals surface area contributed by atoms with Crippen molar-refractivity contribution in [3.63, 3.8) is 0 Å². The maximum absolute atomic E-state index is 12.3. The Balaban J connectivity index is 3.06. The van der Waals surface area contributed by atoms with Gasteiger partial charge in [-0.1, -0.05) is 6.07 Å². The lowest BCUT2D eigenvalue weighted by Gasteiger charge is -2.17. The van der Waals surface area contributed by atoms with E-state index >= 15 is 0 Å². The molecule has 0 radical (unpaired) electrons. The standard InChI is InChI=1S/C12H19N3O3S/c1-9-6-11(5-4-10(9)7-13)19(17,18)15(3)8-12(16)14-2/h4-6H,7-8,13H2,1-3H3,(H,14,16). The molecular formula is C12H19N3O3S. The second kappa shape index (κ2) is 6.14. The lowest BCUT2D eigenvalue weighted by Crippen LogP contribution is -2.36. The third-order valence-corrected chi connectivity index (χ3v) is 4.69. The molecule has 1 amide bonds. The van der Waals surface area contributed by atoms with Crippen LogP contribution < -0.4 is 11.1 Å². The number of nitrogens with zero attached hydrogens (tertiary/aromatic N) is 1. The third kappa shape index (κ3) is 3.52. The Kier molecular flexibility index (Phi) is 5.04. The summed E-state index contributed by atoms with van der Waals surface area (Å²) in [4.78, 5) is 11.4. The predicted molar refractivity (Wildman–Crippen MR) is 73.0 cm³/mol. The van der Waals surface area contributed by atoms with E-state index in [0.717, 1.165) is 15.4 Å². The number of amides is 1. The number of carbonyl (C=O) groups is 1. The molecular weight excluding hydrogens is 266 g/mol. The minimum atomic E-state index is -3.66. The fraction of sp³-hybridized carbons (Fsp3) is 0.417. The van der Waals surface area contributed by atoms with Gasteiger partial charge in [0.15, 0.2) is 0 Å². The minimum Gasteiger partial charge on any atom is -0.358 e. The van der Waals surface area contributed by atoms with Crippen molar-refractivity contribution in [1.29, 1.82) is 0 Å². The highest BCUT2D eigenvalue weighted by atomic mass is 32.2. The molecule has 0 bridgehead atoms. The molecule has 0 spiro atoms. The summed E-state index contributed by atoms with van der Waals surface area (Å²) in [6.45, 7) is 1.96. The van der Waals surface area contributed by atoms with Crippen molar-refractivity contribution in [2.45, 2.75) is 18.4 Å². The van der Waals surface area contributed by atoms with Crippen LogP contribution in [0.4, 0.5) is 0 Å². The summed E-state index contributed by atoms with van der Waals surface area (Å²) in [6.07, 6.45) is 0. The van der Waals surface area contributed by atoms with Gasteiger partial charge in [-0.25, -0.2) is 8.42 Å². The van der Waals surface area contributed by atoms with E-state index < -0.39 is 10.0 Å². The van der Waals surface area contributed by atoms with Gasteiger partial charge in [0.25, 0.3) is 0 Å². The molecule has 0 saturated heterocycles. The molecule has 19 heavy (non-hydrogen) atoms. The molecule has 3 N–H and O–H groups in total. The molecule has 1 aromatic rings. The number of benzene rings is 1. The monoisotopic (exact) mass is 285 g/mol. The number of hydrogen-bond donors (Lipinski definition) is 2. The van der Waals surface area contributed by atoms with Crippen molar-refractivity contribution in [2.75, 3.05) is 20.6 Å². The van der Waals surface area contributed by atoms with Crippen molar-refractivity contribution in [1.82, 2.24) is 9.62 Å². The first kappa shape index (κ1) is 15.6. The highest BCUT2D eigenvalue weighted by Gasteiger charge is 2.22. The first-order valence-electron chi connectivity index (χ1n) is 5.79. The summed E-state index contributed by atoms with van der Waals surface area (Å²) < 4.78 is 25.5. The van der Waals surface area contributed by atoms with Gasteiger partial charge in [-0.15, -0.1) is 0 Å². The summed E-state index contributed by atoms with van der Waals surface area (Å²) in [7, 11) is -0.827. The second-order valence-corrected chi connectivity index (χ2v) is 6.27. The van der Waals surface area contributed by atoms with Crippen LogP contribution in [-0.2, 0) is 21.4 Å². The summed E-state index contributed by atoms with van der Waals surface area (Å²) in [5.74, 6) is -0.360. The molecule has 0 heterocycles. The summed E-state index contributed by atoms with van der Waals surface area (Å²) in [5.41, 5.74) is 7.25. The van der Waals surface area contributed by atoms with Gasteiger partial charge < -0.3 is 11.1 Å².